The van der Waals surface area contributed by atoms with Gasteiger partial charge in [-0.25, -0.2) is 0 Å². The lowest BCUT2D eigenvalue weighted by Gasteiger charge is -2.40. The van der Waals surface area contributed by atoms with Crippen molar-refractivity contribution in [3.63, 3.8) is 0 Å². The van der Waals surface area contributed by atoms with Gasteiger partial charge in [-0.05, 0) is 81.5 Å². The molecular formula is C57H105N11O10. The molecule has 10 amide bonds. The molecule has 0 rings (SSSR count). The van der Waals surface area contributed by atoms with Crippen molar-refractivity contribution in [2.24, 2.45) is 35.5 Å². The minimum Gasteiger partial charge on any atom is -0.365 e. The zero-order valence-electron chi connectivity index (χ0n) is 52.3. The number of hydrogen-bond donors (Lipinski definition) is 4. The highest BCUT2D eigenvalue weighted by atomic mass is 16.2. The molecule has 9 unspecified atom stereocenters. The number of hydrogen-bond acceptors (Lipinski definition) is 11. The fourth-order valence-electron chi connectivity index (χ4n) is 9.30. The molecule has 4 N–H and O–H groups in total. The molecule has 0 saturated heterocycles. The molecule has 0 aliphatic rings. The molecule has 78 heavy (non-hydrogen) atoms. The van der Waals surface area contributed by atoms with Crippen LogP contribution in [0.1, 0.15) is 143 Å². The van der Waals surface area contributed by atoms with Gasteiger partial charge in [0.25, 0.3) is 0 Å². The second-order valence-electron chi connectivity index (χ2n) is 24.0. The molecule has 0 radical (unpaired) electrons. The third-order valence-electron chi connectivity index (χ3n) is 14.1. The first-order chi connectivity index (χ1) is 35.8. The van der Waals surface area contributed by atoms with Gasteiger partial charge in [-0.2, -0.15) is 0 Å². The molecule has 21 nitrogen and oxygen atoms in total. The van der Waals surface area contributed by atoms with Gasteiger partial charge in [0.2, 0.25) is 59.1 Å². The van der Waals surface area contributed by atoms with Crippen LogP contribution in [0.15, 0.2) is 12.3 Å². The number of carbonyl (C=O) groups excluding carboxylic acids is 10. The Bertz CT molecular complexity index is 2060. The molecular weight excluding hydrogens is 999 g/mol. The van der Waals surface area contributed by atoms with Crippen LogP contribution in [0.4, 0.5) is 0 Å². The van der Waals surface area contributed by atoms with Crippen molar-refractivity contribution in [1.82, 2.24) is 55.6 Å². The van der Waals surface area contributed by atoms with Gasteiger partial charge in [-0.15, -0.1) is 0 Å². The van der Waals surface area contributed by atoms with Crippen LogP contribution in [0.2, 0.25) is 0 Å². The van der Waals surface area contributed by atoms with Gasteiger partial charge in [-0.1, -0.05) is 96.6 Å². The molecule has 21 heteroatoms. The standard InChI is InChI=1S/C57H105N11O10/c1-26-42(60-41(17)69)53(74)63(20)31-47(70)65(22)43(27-32(2)3)52(73)61-48(36(10)11)56(77)66(23)44(28-33(4)5)51(72)59-39(15)50(71)58-38(14)40(16)64(21)45(29-34(6)7)54(75)67(24)46(30-35(8)9)55(76)68(25)49(37(12)13)57(78)62(18)19/h32-39,42-46,48-49H,16,26-31H2,1-15,17-25H3,(H,58,71)(H,59,72)(H,60,69)(H,61,73). The molecule has 0 aliphatic carbocycles. The first-order valence-corrected chi connectivity index (χ1v) is 27.9. The summed E-state index contributed by atoms with van der Waals surface area (Å²) >= 11 is 0. The predicted octanol–water partition coefficient (Wildman–Crippen LogP) is 3.56. The molecule has 9 atom stereocenters. The minimum absolute atomic E-state index is 0.0308. The van der Waals surface area contributed by atoms with Crippen LogP contribution in [0.25, 0.3) is 0 Å². The molecule has 0 aliphatic heterocycles. The lowest BCUT2D eigenvalue weighted by Crippen LogP contribution is -2.60. The largest absolute Gasteiger partial charge is 0.365 e. The first kappa shape index (κ1) is 72.2. The summed E-state index contributed by atoms with van der Waals surface area (Å²) in [4.78, 5) is 147. The average molecular weight is 1100 g/mol. The molecule has 0 heterocycles. The summed E-state index contributed by atoms with van der Waals surface area (Å²) in [6, 6.07) is -8.25. The average Bonchev–Trinajstić information content (AvgIpc) is 3.33. The quantitative estimate of drug-likeness (QED) is 0.0760. The number of amides is 10. The summed E-state index contributed by atoms with van der Waals surface area (Å²) in [7, 11) is 12.6. The van der Waals surface area contributed by atoms with Gasteiger partial charge in [0, 0.05) is 69.0 Å². The molecule has 0 spiro atoms. The Balaban J connectivity index is 6.52. The van der Waals surface area contributed by atoms with Crippen LogP contribution in [0.3, 0.4) is 0 Å². The molecule has 0 saturated carbocycles. The molecule has 0 aromatic rings. The van der Waals surface area contributed by atoms with Crippen molar-refractivity contribution < 1.29 is 47.9 Å². The summed E-state index contributed by atoms with van der Waals surface area (Å²) in [5, 5.41) is 11.2. The Morgan fingerprint density at radius 2 is 0.821 bits per heavy atom. The van der Waals surface area contributed by atoms with Crippen LogP contribution in [0.5, 0.6) is 0 Å². The van der Waals surface area contributed by atoms with Gasteiger partial charge in [0.1, 0.15) is 48.3 Å². The maximum absolute atomic E-state index is 14.7. The Morgan fingerprint density at radius 3 is 1.23 bits per heavy atom. The third kappa shape index (κ3) is 21.8. The highest BCUT2D eigenvalue weighted by molar-refractivity contribution is 5.97. The topological polar surface area (TPSA) is 242 Å². The lowest BCUT2D eigenvalue weighted by atomic mass is 9.95. The highest BCUT2D eigenvalue weighted by Gasteiger charge is 2.41. The van der Waals surface area contributed by atoms with E-state index in [-0.39, 0.29) is 72.6 Å². The monoisotopic (exact) mass is 1100 g/mol. The van der Waals surface area contributed by atoms with E-state index in [1.807, 2.05) is 69.2 Å². The maximum Gasteiger partial charge on any atom is 0.245 e. The smallest absolute Gasteiger partial charge is 0.245 e. The predicted molar refractivity (Wildman–Crippen MR) is 306 cm³/mol. The van der Waals surface area contributed by atoms with Crippen molar-refractivity contribution in [2.75, 3.05) is 62.9 Å². The third-order valence-corrected chi connectivity index (χ3v) is 14.1. The summed E-state index contributed by atoms with van der Waals surface area (Å²) in [5.41, 5.74) is 0.400. The Morgan fingerprint density at radius 1 is 0.423 bits per heavy atom. The van der Waals surface area contributed by atoms with E-state index >= 15 is 0 Å². The van der Waals surface area contributed by atoms with Crippen molar-refractivity contribution in [1.29, 1.82) is 0 Å². The lowest BCUT2D eigenvalue weighted by molar-refractivity contribution is -0.152. The van der Waals surface area contributed by atoms with E-state index in [2.05, 4.69) is 27.8 Å². The van der Waals surface area contributed by atoms with E-state index in [1.165, 1.54) is 64.4 Å². The number of carbonyl (C=O) groups is 10. The van der Waals surface area contributed by atoms with E-state index in [0.29, 0.717) is 25.0 Å². The zero-order chi connectivity index (χ0) is 61.1. The molecule has 0 aromatic carbocycles. The number of nitrogens with zero attached hydrogens (tertiary/aromatic N) is 7. The van der Waals surface area contributed by atoms with Crippen molar-refractivity contribution >= 4 is 59.1 Å². The fraction of sp³-hybridized carbons (Fsp3) is 0.789. The second-order valence-corrected chi connectivity index (χ2v) is 24.0. The first-order valence-electron chi connectivity index (χ1n) is 27.9. The number of likely N-dealkylation sites (N-methyl/N-ethyl adjacent to an activating group) is 7. The molecule has 0 aromatic heterocycles. The number of rotatable bonds is 32. The van der Waals surface area contributed by atoms with Crippen LogP contribution >= 0.6 is 0 Å². The summed E-state index contributed by atoms with van der Waals surface area (Å²) in [5.74, 6) is -5.29. The van der Waals surface area contributed by atoms with Crippen molar-refractivity contribution in [2.45, 2.75) is 197 Å². The van der Waals surface area contributed by atoms with Crippen LogP contribution in [-0.2, 0) is 47.9 Å². The summed E-state index contributed by atoms with van der Waals surface area (Å²) in [6.45, 7) is 32.9. The molecule has 0 bridgehead atoms. The van der Waals surface area contributed by atoms with Gasteiger partial charge >= 0.3 is 0 Å². The van der Waals surface area contributed by atoms with Crippen LogP contribution in [-0.4, -0.2) is 211 Å². The van der Waals surface area contributed by atoms with E-state index in [0.717, 1.165) is 0 Å². The number of nitrogens with one attached hydrogen (secondary N) is 4. The summed E-state index contributed by atoms with van der Waals surface area (Å²) < 4.78 is 0. The van der Waals surface area contributed by atoms with E-state index < -0.39 is 95.7 Å². The van der Waals surface area contributed by atoms with E-state index in [4.69, 9.17) is 0 Å². The summed E-state index contributed by atoms with van der Waals surface area (Å²) in [6.07, 6.45) is 1.50. The molecule has 448 valence electrons. The maximum atomic E-state index is 14.7. The minimum atomic E-state index is -1.12. The Labute approximate surface area is 469 Å². The normalized spacial score (nSPS) is 15.0. The fourth-order valence-corrected chi connectivity index (χ4v) is 9.30. The van der Waals surface area contributed by atoms with Crippen LogP contribution < -0.4 is 21.3 Å². The van der Waals surface area contributed by atoms with Gasteiger partial charge in [0.15, 0.2) is 0 Å². The highest BCUT2D eigenvalue weighted by Crippen LogP contribution is 2.24. The zero-order valence-corrected chi connectivity index (χ0v) is 52.3. The van der Waals surface area contributed by atoms with Gasteiger partial charge < -0.3 is 55.6 Å². The van der Waals surface area contributed by atoms with Crippen molar-refractivity contribution in [3.05, 3.63) is 12.3 Å². The van der Waals surface area contributed by atoms with Crippen molar-refractivity contribution in [3.8, 4) is 0 Å². The molecule has 0 fully saturated rings. The second kappa shape index (κ2) is 33.0. The van der Waals surface area contributed by atoms with E-state index in [1.54, 1.807) is 67.8 Å². The van der Waals surface area contributed by atoms with Gasteiger partial charge in [-0.3, -0.25) is 47.9 Å². The van der Waals surface area contributed by atoms with Crippen LogP contribution in [0, 0.1) is 35.5 Å². The Kier molecular flexibility index (Phi) is 30.5. The van der Waals surface area contributed by atoms with E-state index in [9.17, 15) is 47.9 Å². The SMILES string of the molecule is C=C(C(C)NC(=O)C(C)NC(=O)C(CC(C)C)N(C)C(=O)C(NC(=O)C(CC(C)C)N(C)C(=O)CN(C)C(=O)C(CC)NC(C)=O)C(C)C)N(C)C(CC(C)C)C(=O)N(C)C(CC(C)C)C(=O)N(C)C(C(=O)N(C)C)C(C)C. The Hall–Kier alpha value is -5.76. The van der Waals surface area contributed by atoms with Gasteiger partial charge in [0.05, 0.1) is 12.6 Å².